The van der Waals surface area contributed by atoms with Gasteiger partial charge in [0.25, 0.3) is 0 Å². The van der Waals surface area contributed by atoms with Crippen molar-refractivity contribution in [2.75, 3.05) is 32.7 Å². The van der Waals surface area contributed by atoms with Gasteiger partial charge in [0.05, 0.1) is 4.90 Å². The van der Waals surface area contributed by atoms with Crippen LogP contribution in [0.1, 0.15) is 25.0 Å². The highest BCUT2D eigenvalue weighted by atomic mass is 32.2. The molecule has 0 radical (unpaired) electrons. The van der Waals surface area contributed by atoms with Crippen molar-refractivity contribution >= 4 is 10.0 Å². The van der Waals surface area contributed by atoms with Crippen LogP contribution in [0.2, 0.25) is 0 Å². The molecule has 0 saturated carbocycles. The average molecular weight is 311 g/mol. The number of likely N-dealkylation sites (N-methyl/N-ethyl adjacent to an activating group) is 1. The number of aryl methyl sites for hydroxylation is 1. The quantitative estimate of drug-likeness (QED) is 0.882. The lowest BCUT2D eigenvalue weighted by atomic mass is 10.1. The molecule has 21 heavy (non-hydrogen) atoms. The van der Waals surface area contributed by atoms with Crippen molar-refractivity contribution in [3.63, 3.8) is 0 Å². The molecule has 0 amide bonds. The predicted octanol–water partition coefficient (Wildman–Crippen LogP) is 1.03. The summed E-state index contributed by atoms with van der Waals surface area (Å²) in [5, 5.41) is 0. The summed E-state index contributed by atoms with van der Waals surface area (Å²) >= 11 is 0. The summed E-state index contributed by atoms with van der Waals surface area (Å²) in [5.41, 5.74) is 7.38. The number of sulfonamides is 1. The minimum absolute atomic E-state index is 0.357. The Morgan fingerprint density at radius 2 is 1.81 bits per heavy atom. The first-order valence-electron chi connectivity index (χ1n) is 7.57. The molecule has 5 nitrogen and oxygen atoms in total. The van der Waals surface area contributed by atoms with E-state index < -0.39 is 10.0 Å². The summed E-state index contributed by atoms with van der Waals surface area (Å²) in [6.07, 6.45) is 0.703. The molecule has 0 bridgehead atoms. The fourth-order valence-electron chi connectivity index (χ4n) is 2.68. The maximum atomic E-state index is 12.9. The van der Waals surface area contributed by atoms with Gasteiger partial charge in [0.1, 0.15) is 0 Å². The third kappa shape index (κ3) is 3.45. The van der Waals surface area contributed by atoms with Gasteiger partial charge in [-0.05, 0) is 30.2 Å². The number of hydrogen-bond donors (Lipinski definition) is 1. The van der Waals surface area contributed by atoms with Gasteiger partial charge >= 0.3 is 0 Å². The number of benzene rings is 1. The van der Waals surface area contributed by atoms with Gasteiger partial charge in [0.2, 0.25) is 10.0 Å². The Balaban J connectivity index is 2.31. The molecule has 1 aromatic rings. The average Bonchev–Trinajstić information content (AvgIpc) is 2.54. The van der Waals surface area contributed by atoms with Gasteiger partial charge in [0, 0.05) is 32.7 Å². The second kappa shape index (κ2) is 6.87. The molecule has 6 heteroatoms. The number of nitrogens with two attached hydrogens (primary N) is 1. The largest absolute Gasteiger partial charge is 0.326 e. The lowest BCUT2D eigenvalue weighted by molar-refractivity contribution is 0.196. The molecule has 0 aromatic heterocycles. The van der Waals surface area contributed by atoms with E-state index in [4.69, 9.17) is 5.73 Å². The molecule has 1 fully saturated rings. The Morgan fingerprint density at radius 1 is 1.14 bits per heavy atom. The molecule has 2 rings (SSSR count). The number of hydrogen-bond acceptors (Lipinski definition) is 4. The van der Waals surface area contributed by atoms with E-state index in [1.54, 1.807) is 10.4 Å². The van der Waals surface area contributed by atoms with Crippen molar-refractivity contribution in [2.24, 2.45) is 5.73 Å². The van der Waals surface area contributed by atoms with Crippen molar-refractivity contribution in [1.82, 2.24) is 9.21 Å². The van der Waals surface area contributed by atoms with Crippen LogP contribution in [0.5, 0.6) is 0 Å². The Bertz CT molecular complexity index is 579. The zero-order chi connectivity index (χ0) is 15.5. The number of piperazine rings is 1. The maximum absolute atomic E-state index is 12.9. The van der Waals surface area contributed by atoms with E-state index in [0.717, 1.165) is 30.8 Å². The molecular formula is C15H25N3O2S. The normalized spacial score (nSPS) is 18.0. The van der Waals surface area contributed by atoms with Crippen LogP contribution in [0.3, 0.4) is 0 Å². The monoisotopic (exact) mass is 311 g/mol. The Morgan fingerprint density at radius 3 is 2.33 bits per heavy atom. The molecule has 1 heterocycles. The van der Waals surface area contributed by atoms with Gasteiger partial charge in [-0.1, -0.05) is 26.0 Å². The van der Waals surface area contributed by atoms with E-state index in [0.29, 0.717) is 31.0 Å². The van der Waals surface area contributed by atoms with E-state index in [2.05, 4.69) is 11.8 Å². The maximum Gasteiger partial charge on any atom is 0.243 e. The van der Waals surface area contributed by atoms with Gasteiger partial charge < -0.3 is 10.6 Å². The highest BCUT2D eigenvalue weighted by molar-refractivity contribution is 7.89. The molecule has 1 saturated heterocycles. The van der Waals surface area contributed by atoms with E-state index in [1.165, 1.54) is 0 Å². The molecule has 1 aromatic carbocycles. The molecule has 1 aliphatic heterocycles. The van der Waals surface area contributed by atoms with Crippen LogP contribution >= 0.6 is 0 Å². The van der Waals surface area contributed by atoms with E-state index >= 15 is 0 Å². The second-order valence-corrected chi connectivity index (χ2v) is 7.24. The summed E-state index contributed by atoms with van der Waals surface area (Å²) < 4.78 is 27.4. The SMILES string of the molecule is CCc1ccc(CN)cc1S(=O)(=O)N1CCN(CC)CC1. The van der Waals surface area contributed by atoms with Crippen molar-refractivity contribution in [3.05, 3.63) is 29.3 Å². The molecule has 0 atom stereocenters. The fraction of sp³-hybridized carbons (Fsp3) is 0.600. The first-order valence-corrected chi connectivity index (χ1v) is 9.01. The number of nitrogens with zero attached hydrogens (tertiary/aromatic N) is 2. The minimum atomic E-state index is -3.42. The number of rotatable bonds is 5. The van der Waals surface area contributed by atoms with Gasteiger partial charge in [-0.3, -0.25) is 0 Å². The van der Waals surface area contributed by atoms with Crippen molar-refractivity contribution in [3.8, 4) is 0 Å². The molecule has 0 aliphatic carbocycles. The third-order valence-electron chi connectivity index (χ3n) is 4.14. The molecular weight excluding hydrogens is 286 g/mol. The molecule has 0 spiro atoms. The van der Waals surface area contributed by atoms with Crippen molar-refractivity contribution in [1.29, 1.82) is 0 Å². The Hall–Kier alpha value is -0.950. The van der Waals surface area contributed by atoms with Crippen LogP contribution in [0.25, 0.3) is 0 Å². The predicted molar refractivity (Wildman–Crippen MR) is 84.6 cm³/mol. The zero-order valence-electron chi connectivity index (χ0n) is 12.9. The van der Waals surface area contributed by atoms with Crippen LogP contribution < -0.4 is 5.73 Å². The van der Waals surface area contributed by atoms with Crippen molar-refractivity contribution < 1.29 is 8.42 Å². The minimum Gasteiger partial charge on any atom is -0.326 e. The first-order chi connectivity index (χ1) is 10.0. The topological polar surface area (TPSA) is 66.6 Å². The second-order valence-electron chi connectivity index (χ2n) is 5.34. The van der Waals surface area contributed by atoms with Crippen LogP contribution in [0.4, 0.5) is 0 Å². The smallest absolute Gasteiger partial charge is 0.243 e. The third-order valence-corrected chi connectivity index (χ3v) is 6.13. The van der Waals surface area contributed by atoms with E-state index in [1.807, 2.05) is 19.1 Å². The first kappa shape index (κ1) is 16.4. The van der Waals surface area contributed by atoms with Gasteiger partial charge in [-0.15, -0.1) is 0 Å². The van der Waals surface area contributed by atoms with Gasteiger partial charge in [-0.25, -0.2) is 8.42 Å². The molecule has 1 aliphatic rings. The Labute approximate surface area is 127 Å². The summed E-state index contributed by atoms with van der Waals surface area (Å²) in [4.78, 5) is 2.70. The lowest BCUT2D eigenvalue weighted by Crippen LogP contribution is -2.48. The van der Waals surface area contributed by atoms with Crippen LogP contribution in [0, 0.1) is 0 Å². The lowest BCUT2D eigenvalue weighted by Gasteiger charge is -2.33. The summed E-state index contributed by atoms with van der Waals surface area (Å²) in [7, 11) is -3.42. The molecule has 118 valence electrons. The van der Waals surface area contributed by atoms with E-state index in [9.17, 15) is 8.42 Å². The van der Waals surface area contributed by atoms with E-state index in [-0.39, 0.29) is 0 Å². The Kier molecular flexibility index (Phi) is 5.37. The summed E-state index contributed by atoms with van der Waals surface area (Å²) in [5.74, 6) is 0. The highest BCUT2D eigenvalue weighted by Crippen LogP contribution is 2.23. The standard InChI is InChI=1S/C15H25N3O2S/c1-3-14-6-5-13(12-16)11-15(14)21(19,20)18-9-7-17(4-2)8-10-18/h5-6,11H,3-4,7-10,12,16H2,1-2H3. The van der Waals surface area contributed by atoms with Crippen LogP contribution in [-0.2, 0) is 23.0 Å². The molecule has 0 unspecified atom stereocenters. The van der Waals surface area contributed by atoms with Crippen molar-refractivity contribution in [2.45, 2.75) is 31.7 Å². The zero-order valence-corrected chi connectivity index (χ0v) is 13.7. The highest BCUT2D eigenvalue weighted by Gasteiger charge is 2.29. The van der Waals surface area contributed by atoms with Crippen LogP contribution in [-0.4, -0.2) is 50.3 Å². The fourth-order valence-corrected chi connectivity index (χ4v) is 4.45. The van der Waals surface area contributed by atoms with Crippen LogP contribution in [0.15, 0.2) is 23.1 Å². The van der Waals surface area contributed by atoms with Gasteiger partial charge in [-0.2, -0.15) is 4.31 Å². The molecule has 2 N–H and O–H groups in total. The van der Waals surface area contributed by atoms with Gasteiger partial charge in [0.15, 0.2) is 0 Å². The summed E-state index contributed by atoms with van der Waals surface area (Å²) in [6.45, 7) is 8.13. The summed E-state index contributed by atoms with van der Waals surface area (Å²) in [6, 6.07) is 5.53.